The van der Waals surface area contributed by atoms with Gasteiger partial charge in [0, 0.05) is 0 Å². The van der Waals surface area contributed by atoms with E-state index in [1.165, 1.54) is 22.3 Å². The van der Waals surface area contributed by atoms with Crippen molar-refractivity contribution in [3.05, 3.63) is 57.5 Å². The summed E-state index contributed by atoms with van der Waals surface area (Å²) >= 11 is 5.85. The van der Waals surface area contributed by atoms with Crippen molar-refractivity contribution in [2.45, 2.75) is 33.2 Å². The van der Waals surface area contributed by atoms with Gasteiger partial charge in [0.1, 0.15) is 5.76 Å². The third kappa shape index (κ3) is 3.20. The molecule has 0 aliphatic rings. The van der Waals surface area contributed by atoms with Crippen molar-refractivity contribution >= 4 is 11.6 Å². The van der Waals surface area contributed by atoms with Crippen LogP contribution < -0.4 is 5.32 Å². The summed E-state index contributed by atoms with van der Waals surface area (Å²) in [6.45, 7) is 6.46. The quantitative estimate of drug-likeness (QED) is 0.898. The van der Waals surface area contributed by atoms with Gasteiger partial charge in [-0.25, -0.2) is 0 Å². The van der Waals surface area contributed by atoms with Gasteiger partial charge in [-0.05, 0) is 74.7 Å². The van der Waals surface area contributed by atoms with Gasteiger partial charge in [0.15, 0.2) is 5.22 Å². The molecule has 1 aromatic heterocycles. The van der Waals surface area contributed by atoms with Crippen LogP contribution in [-0.4, -0.2) is 7.05 Å². The molecule has 0 aliphatic heterocycles. The number of hydrogen-bond acceptors (Lipinski definition) is 2. The standard InChI is InChI=1S/C16H20ClNO/c1-10-7-11(2)13(12(3)8-10)9-14(18-4)15-5-6-16(17)19-15/h5-8,14,18H,9H2,1-4H3. The second-order valence-corrected chi connectivity index (χ2v) is 5.44. The van der Waals surface area contributed by atoms with Crippen molar-refractivity contribution in [2.24, 2.45) is 0 Å². The largest absolute Gasteiger partial charge is 0.448 e. The topological polar surface area (TPSA) is 25.2 Å². The number of likely N-dealkylation sites (N-methyl/N-ethyl adjacent to an activating group) is 1. The number of benzene rings is 1. The molecule has 2 rings (SSSR count). The first-order chi connectivity index (χ1) is 9.01. The molecule has 1 heterocycles. The summed E-state index contributed by atoms with van der Waals surface area (Å²) < 4.78 is 5.52. The molecule has 2 aromatic rings. The Labute approximate surface area is 119 Å². The highest BCUT2D eigenvalue weighted by Crippen LogP contribution is 2.26. The molecule has 0 bridgehead atoms. The molecule has 1 atom stereocenters. The number of furan rings is 1. The molecule has 2 nitrogen and oxygen atoms in total. The fraction of sp³-hybridized carbons (Fsp3) is 0.375. The molecular formula is C16H20ClNO. The Balaban J connectivity index is 2.28. The summed E-state index contributed by atoms with van der Waals surface area (Å²) in [6.07, 6.45) is 0.901. The molecule has 0 fully saturated rings. The van der Waals surface area contributed by atoms with Crippen molar-refractivity contribution in [2.75, 3.05) is 7.05 Å². The zero-order chi connectivity index (χ0) is 14.0. The van der Waals surface area contributed by atoms with Crippen LogP contribution in [0.3, 0.4) is 0 Å². The van der Waals surface area contributed by atoms with Crippen molar-refractivity contribution < 1.29 is 4.42 Å². The monoisotopic (exact) mass is 277 g/mol. The summed E-state index contributed by atoms with van der Waals surface area (Å²) in [5.74, 6) is 0.881. The molecular weight excluding hydrogens is 258 g/mol. The van der Waals surface area contributed by atoms with E-state index in [4.69, 9.17) is 16.0 Å². The molecule has 19 heavy (non-hydrogen) atoms. The van der Waals surface area contributed by atoms with E-state index in [1.54, 1.807) is 6.07 Å². The Morgan fingerprint density at radius 3 is 2.26 bits per heavy atom. The highest BCUT2D eigenvalue weighted by atomic mass is 35.5. The van der Waals surface area contributed by atoms with Gasteiger partial charge in [0.25, 0.3) is 0 Å². The second-order valence-electron chi connectivity index (χ2n) is 5.06. The highest BCUT2D eigenvalue weighted by molar-refractivity contribution is 6.28. The maximum absolute atomic E-state index is 5.85. The number of nitrogens with one attached hydrogen (secondary N) is 1. The van der Waals surface area contributed by atoms with Gasteiger partial charge in [-0.3, -0.25) is 0 Å². The second kappa shape index (κ2) is 5.81. The maximum Gasteiger partial charge on any atom is 0.193 e. The van der Waals surface area contributed by atoms with Crippen molar-refractivity contribution in [1.82, 2.24) is 5.32 Å². The van der Waals surface area contributed by atoms with E-state index < -0.39 is 0 Å². The van der Waals surface area contributed by atoms with Crippen LogP contribution in [0.5, 0.6) is 0 Å². The first kappa shape index (κ1) is 14.2. The van der Waals surface area contributed by atoms with E-state index in [0.717, 1.165) is 12.2 Å². The molecule has 3 heteroatoms. The van der Waals surface area contributed by atoms with Gasteiger partial charge in [-0.1, -0.05) is 17.7 Å². The lowest BCUT2D eigenvalue weighted by Gasteiger charge is -2.18. The Hall–Kier alpha value is -1.25. The molecule has 0 amide bonds. The Morgan fingerprint density at radius 2 is 1.79 bits per heavy atom. The Bertz CT molecular complexity index is 551. The SMILES string of the molecule is CNC(Cc1c(C)cc(C)cc1C)c1ccc(Cl)o1. The maximum atomic E-state index is 5.85. The van der Waals surface area contributed by atoms with Gasteiger partial charge in [-0.2, -0.15) is 0 Å². The molecule has 1 aromatic carbocycles. The van der Waals surface area contributed by atoms with Crippen molar-refractivity contribution in [3.8, 4) is 0 Å². The summed E-state index contributed by atoms with van der Waals surface area (Å²) in [6, 6.07) is 8.32. The minimum Gasteiger partial charge on any atom is -0.448 e. The zero-order valence-corrected chi connectivity index (χ0v) is 12.6. The first-order valence-corrected chi connectivity index (χ1v) is 6.88. The number of hydrogen-bond donors (Lipinski definition) is 1. The van der Waals surface area contributed by atoms with E-state index in [9.17, 15) is 0 Å². The Morgan fingerprint density at radius 1 is 1.16 bits per heavy atom. The Kier molecular flexibility index (Phi) is 4.33. The molecule has 0 saturated carbocycles. The molecule has 0 spiro atoms. The normalized spacial score (nSPS) is 12.7. The molecule has 1 N–H and O–H groups in total. The average Bonchev–Trinajstić information content (AvgIpc) is 2.75. The fourth-order valence-electron chi connectivity index (χ4n) is 2.60. The van der Waals surface area contributed by atoms with E-state index >= 15 is 0 Å². The van der Waals surface area contributed by atoms with Crippen LogP contribution in [-0.2, 0) is 6.42 Å². The molecule has 0 radical (unpaired) electrons. The lowest BCUT2D eigenvalue weighted by molar-refractivity contribution is 0.430. The third-order valence-corrected chi connectivity index (χ3v) is 3.74. The lowest BCUT2D eigenvalue weighted by atomic mass is 9.94. The first-order valence-electron chi connectivity index (χ1n) is 6.50. The lowest BCUT2D eigenvalue weighted by Crippen LogP contribution is -2.19. The molecule has 102 valence electrons. The van der Waals surface area contributed by atoms with Gasteiger partial charge in [0.2, 0.25) is 0 Å². The van der Waals surface area contributed by atoms with Gasteiger partial charge in [0.05, 0.1) is 6.04 Å². The van der Waals surface area contributed by atoms with Crippen LogP contribution >= 0.6 is 11.6 Å². The van der Waals surface area contributed by atoms with Crippen LogP contribution in [0.2, 0.25) is 5.22 Å². The minimum atomic E-state index is 0.146. The zero-order valence-electron chi connectivity index (χ0n) is 11.9. The number of halogens is 1. The predicted octanol–water partition coefficient (Wildman–Crippen LogP) is 4.36. The average molecular weight is 278 g/mol. The minimum absolute atomic E-state index is 0.146. The van der Waals surface area contributed by atoms with Crippen LogP contribution in [0, 0.1) is 20.8 Å². The highest BCUT2D eigenvalue weighted by Gasteiger charge is 2.16. The smallest absolute Gasteiger partial charge is 0.193 e. The molecule has 1 unspecified atom stereocenters. The van der Waals surface area contributed by atoms with Crippen LogP contribution in [0.15, 0.2) is 28.7 Å². The van der Waals surface area contributed by atoms with Crippen LogP contribution in [0.25, 0.3) is 0 Å². The van der Waals surface area contributed by atoms with Gasteiger partial charge < -0.3 is 9.73 Å². The summed E-state index contributed by atoms with van der Waals surface area (Å²) in [4.78, 5) is 0. The van der Waals surface area contributed by atoms with Gasteiger partial charge >= 0.3 is 0 Å². The number of rotatable bonds is 4. The summed E-state index contributed by atoms with van der Waals surface area (Å²) in [5.41, 5.74) is 5.34. The van der Waals surface area contributed by atoms with E-state index in [1.807, 2.05) is 13.1 Å². The molecule has 0 saturated heterocycles. The fourth-order valence-corrected chi connectivity index (χ4v) is 2.75. The van der Waals surface area contributed by atoms with E-state index in [-0.39, 0.29) is 6.04 Å². The summed E-state index contributed by atoms with van der Waals surface area (Å²) in [5, 5.41) is 3.73. The predicted molar refractivity (Wildman–Crippen MR) is 79.9 cm³/mol. The molecule has 0 aliphatic carbocycles. The third-order valence-electron chi connectivity index (χ3n) is 3.53. The van der Waals surface area contributed by atoms with Crippen LogP contribution in [0.1, 0.15) is 34.1 Å². The van der Waals surface area contributed by atoms with E-state index in [0.29, 0.717) is 5.22 Å². The van der Waals surface area contributed by atoms with Crippen molar-refractivity contribution in [3.63, 3.8) is 0 Å². The van der Waals surface area contributed by atoms with Gasteiger partial charge in [-0.15, -0.1) is 0 Å². The number of aryl methyl sites for hydroxylation is 3. The van der Waals surface area contributed by atoms with E-state index in [2.05, 4.69) is 38.2 Å². The summed E-state index contributed by atoms with van der Waals surface area (Å²) in [7, 11) is 1.94. The van der Waals surface area contributed by atoms with Crippen molar-refractivity contribution in [1.29, 1.82) is 0 Å². The van der Waals surface area contributed by atoms with Crippen LogP contribution in [0.4, 0.5) is 0 Å².